The van der Waals surface area contributed by atoms with Gasteiger partial charge in [-0.3, -0.25) is 0 Å². The third-order valence-electron chi connectivity index (χ3n) is 3.10. The van der Waals surface area contributed by atoms with E-state index in [-0.39, 0.29) is 0 Å². The Morgan fingerprint density at radius 1 is 1.07 bits per heavy atom. The predicted octanol–water partition coefficient (Wildman–Crippen LogP) is 3.53. The van der Waals surface area contributed by atoms with E-state index in [9.17, 15) is 0 Å². The Balaban J connectivity index is 3.39. The van der Waals surface area contributed by atoms with Crippen LogP contribution in [0.4, 0.5) is 0 Å². The van der Waals surface area contributed by atoms with Crippen molar-refractivity contribution in [1.29, 1.82) is 0 Å². The molecule has 0 aliphatic heterocycles. The van der Waals surface area contributed by atoms with E-state index in [0.717, 1.165) is 6.32 Å². The van der Waals surface area contributed by atoms with E-state index in [1.165, 1.54) is 27.7 Å². The molecule has 0 N–H and O–H groups in total. The molecule has 0 nitrogen and oxygen atoms in total. The van der Waals surface area contributed by atoms with Gasteiger partial charge < -0.3 is 0 Å². The van der Waals surface area contributed by atoms with Gasteiger partial charge in [-0.15, -0.1) is 15.8 Å². The summed E-state index contributed by atoms with van der Waals surface area (Å²) in [6, 6.07) is 2.28. The number of hydrogen-bond acceptors (Lipinski definition) is 0. The average Bonchev–Trinajstić information content (AvgIpc) is 2.15. The highest BCUT2D eigenvalue weighted by Crippen LogP contribution is 2.16. The molecular formula is C12H18BBr. The van der Waals surface area contributed by atoms with Crippen LogP contribution in [0, 0.1) is 27.7 Å². The Kier molecular flexibility index (Phi) is 3.82. The molecule has 0 amide bonds. The van der Waals surface area contributed by atoms with Crippen LogP contribution in [0.3, 0.4) is 0 Å². The summed E-state index contributed by atoms with van der Waals surface area (Å²) in [5, 5.41) is 0. The molecule has 0 atom stereocenters. The van der Waals surface area contributed by atoms with Crippen molar-refractivity contribution in [2.75, 3.05) is 0 Å². The first-order chi connectivity index (χ1) is 6.49. The van der Waals surface area contributed by atoms with Crippen molar-refractivity contribution in [1.82, 2.24) is 0 Å². The maximum Gasteiger partial charge on any atom is 0.255 e. The topological polar surface area (TPSA) is 0 Å². The van der Waals surface area contributed by atoms with Crippen molar-refractivity contribution in [2.24, 2.45) is 0 Å². The molecule has 1 aromatic carbocycles. The summed E-state index contributed by atoms with van der Waals surface area (Å²) in [6.45, 7) is 11.1. The van der Waals surface area contributed by atoms with Crippen LogP contribution in [0.25, 0.3) is 0 Å². The van der Waals surface area contributed by atoms with Gasteiger partial charge in [0.1, 0.15) is 0 Å². The van der Waals surface area contributed by atoms with E-state index >= 15 is 0 Å². The standard InChI is InChI=1S/C12H18BBr/c1-6-13(14)12-10(4)8(2)7-9(3)11(12)5/h7H,6H2,1-5H3. The number of rotatable bonds is 2. The first-order valence-corrected chi connectivity index (χ1v) is 6.12. The molecule has 0 heterocycles. The van der Waals surface area contributed by atoms with Gasteiger partial charge in [0, 0.05) is 0 Å². The molecule has 0 aliphatic carbocycles. The van der Waals surface area contributed by atoms with E-state index in [1.807, 2.05) is 0 Å². The number of halogens is 1. The smallest absolute Gasteiger partial charge is 0.150 e. The minimum Gasteiger partial charge on any atom is -0.150 e. The van der Waals surface area contributed by atoms with Crippen LogP contribution >= 0.6 is 15.8 Å². The van der Waals surface area contributed by atoms with Gasteiger partial charge in [0.05, 0.1) is 0 Å². The minimum absolute atomic E-state index is 0.501. The Hall–Kier alpha value is -0.235. The molecule has 0 radical (unpaired) electrons. The van der Waals surface area contributed by atoms with E-state index in [0.29, 0.717) is 5.54 Å². The van der Waals surface area contributed by atoms with E-state index in [1.54, 1.807) is 0 Å². The predicted molar refractivity (Wildman–Crippen MR) is 70.2 cm³/mol. The third kappa shape index (κ3) is 2.05. The van der Waals surface area contributed by atoms with Crippen LogP contribution in [0.1, 0.15) is 29.2 Å². The number of aryl methyl sites for hydroxylation is 2. The second-order valence-electron chi connectivity index (χ2n) is 4.05. The highest BCUT2D eigenvalue weighted by molar-refractivity contribution is 9.25. The second-order valence-corrected chi connectivity index (χ2v) is 5.16. The van der Waals surface area contributed by atoms with Gasteiger partial charge >= 0.3 is 0 Å². The summed E-state index contributed by atoms with van der Waals surface area (Å²) >= 11 is 3.75. The molecule has 0 aromatic heterocycles. The van der Waals surface area contributed by atoms with Gasteiger partial charge in [0.15, 0.2) is 0 Å². The fraction of sp³-hybridized carbons (Fsp3) is 0.500. The molecule has 76 valence electrons. The highest BCUT2D eigenvalue weighted by atomic mass is 79.9. The van der Waals surface area contributed by atoms with Crippen molar-refractivity contribution in [3.05, 3.63) is 28.3 Å². The summed E-state index contributed by atoms with van der Waals surface area (Å²) in [5.41, 5.74) is 7.68. The fourth-order valence-corrected chi connectivity index (χ4v) is 2.61. The highest BCUT2D eigenvalue weighted by Gasteiger charge is 2.17. The molecule has 0 unspecified atom stereocenters. The second kappa shape index (κ2) is 4.52. The minimum atomic E-state index is 0.501. The Morgan fingerprint density at radius 2 is 1.50 bits per heavy atom. The summed E-state index contributed by atoms with van der Waals surface area (Å²) < 4.78 is 0. The summed E-state index contributed by atoms with van der Waals surface area (Å²) in [7, 11) is 0. The number of hydrogen-bond donors (Lipinski definition) is 0. The third-order valence-corrected chi connectivity index (χ3v) is 4.20. The SMILES string of the molecule is CCB(Br)c1c(C)c(C)cc(C)c1C. The van der Waals surface area contributed by atoms with E-state index in [4.69, 9.17) is 0 Å². The first kappa shape index (κ1) is 11.8. The van der Waals surface area contributed by atoms with Crippen LogP contribution in [-0.2, 0) is 0 Å². The van der Waals surface area contributed by atoms with E-state index < -0.39 is 0 Å². The molecule has 0 bridgehead atoms. The lowest BCUT2D eigenvalue weighted by Crippen LogP contribution is -2.29. The van der Waals surface area contributed by atoms with Gasteiger partial charge in [-0.2, -0.15) is 0 Å². The van der Waals surface area contributed by atoms with Crippen LogP contribution in [0.2, 0.25) is 6.32 Å². The summed E-state index contributed by atoms with van der Waals surface area (Å²) in [6.07, 6.45) is 1.14. The monoisotopic (exact) mass is 252 g/mol. The van der Waals surface area contributed by atoms with Gasteiger partial charge in [0.25, 0.3) is 5.54 Å². The lowest BCUT2D eigenvalue weighted by Gasteiger charge is -2.17. The van der Waals surface area contributed by atoms with Crippen molar-refractivity contribution in [2.45, 2.75) is 40.9 Å². The van der Waals surface area contributed by atoms with Crippen LogP contribution in [0.15, 0.2) is 6.07 Å². The lowest BCUT2D eigenvalue weighted by molar-refractivity contribution is 1.26. The van der Waals surface area contributed by atoms with Crippen molar-refractivity contribution in [3.63, 3.8) is 0 Å². The zero-order chi connectivity index (χ0) is 10.9. The zero-order valence-corrected chi connectivity index (χ0v) is 11.3. The molecule has 0 saturated heterocycles. The van der Waals surface area contributed by atoms with Crippen molar-refractivity contribution < 1.29 is 0 Å². The fourth-order valence-electron chi connectivity index (χ4n) is 1.92. The zero-order valence-electron chi connectivity index (χ0n) is 9.74. The van der Waals surface area contributed by atoms with Crippen LogP contribution < -0.4 is 5.46 Å². The maximum absolute atomic E-state index is 3.75. The molecule has 0 fully saturated rings. The molecule has 0 saturated carbocycles. The Morgan fingerprint density at radius 3 is 1.86 bits per heavy atom. The Labute approximate surface area is 96.2 Å². The van der Waals surface area contributed by atoms with Crippen molar-refractivity contribution >= 4 is 26.8 Å². The average molecular weight is 253 g/mol. The number of benzene rings is 1. The summed E-state index contributed by atoms with van der Waals surface area (Å²) in [4.78, 5) is 0. The molecule has 0 spiro atoms. The molecule has 1 rings (SSSR count). The van der Waals surface area contributed by atoms with Gasteiger partial charge in [-0.25, -0.2) is 0 Å². The van der Waals surface area contributed by atoms with E-state index in [2.05, 4.69) is 56.4 Å². The van der Waals surface area contributed by atoms with Gasteiger partial charge in [-0.1, -0.05) is 35.9 Å². The van der Waals surface area contributed by atoms with Crippen molar-refractivity contribution in [3.8, 4) is 0 Å². The van der Waals surface area contributed by atoms with Crippen LogP contribution in [-0.4, -0.2) is 5.54 Å². The maximum atomic E-state index is 3.75. The molecule has 14 heavy (non-hydrogen) atoms. The molecule has 0 aliphatic rings. The van der Waals surface area contributed by atoms with Gasteiger partial charge in [0.2, 0.25) is 0 Å². The van der Waals surface area contributed by atoms with Crippen LogP contribution in [0.5, 0.6) is 0 Å². The molecule has 2 heteroatoms. The normalized spacial score (nSPS) is 10.4. The first-order valence-electron chi connectivity index (χ1n) is 5.20. The quantitative estimate of drug-likeness (QED) is 0.707. The molecular weight excluding hydrogens is 235 g/mol. The Bertz CT molecular complexity index is 318. The van der Waals surface area contributed by atoms with Gasteiger partial charge in [-0.05, 0) is 38.8 Å². The molecule has 1 aromatic rings. The lowest BCUT2D eigenvalue weighted by atomic mass is 9.62. The largest absolute Gasteiger partial charge is 0.255 e. The summed E-state index contributed by atoms with van der Waals surface area (Å²) in [5.74, 6) is 0.